The van der Waals surface area contributed by atoms with E-state index in [9.17, 15) is 14.7 Å². The topological polar surface area (TPSA) is 70.1 Å². The largest absolute Gasteiger partial charge is 0.464 e. The van der Waals surface area contributed by atoms with Gasteiger partial charge in [0.15, 0.2) is 0 Å². The van der Waals surface area contributed by atoms with E-state index in [1.165, 1.54) is 12.8 Å². The summed E-state index contributed by atoms with van der Waals surface area (Å²) in [6.07, 6.45) is 17.8. The minimum Gasteiger partial charge on any atom is -0.464 e. The van der Waals surface area contributed by atoms with Crippen LogP contribution < -0.4 is 0 Å². The van der Waals surface area contributed by atoms with Crippen LogP contribution in [0.4, 0.5) is 0 Å². The second-order valence-electron chi connectivity index (χ2n) is 18.4. The van der Waals surface area contributed by atoms with Gasteiger partial charge in [0.2, 0.25) is 5.91 Å². The number of hydrogen-bond acceptors (Lipinski definition) is 5. The van der Waals surface area contributed by atoms with E-state index in [0.717, 1.165) is 77.7 Å². The molecule has 0 spiro atoms. The Hall–Kier alpha value is -1.92. The van der Waals surface area contributed by atoms with Gasteiger partial charge in [-0.25, -0.2) is 0 Å². The lowest BCUT2D eigenvalue weighted by atomic mass is 9.33. The fourth-order valence-electron chi connectivity index (χ4n) is 12.9. The standard InChI is InChI=1S/C42H66N2O4/c1-9-10-11-12-35(46)44-25-23-43(24-26-44)27-28-48-37(47)42-20-15-29(2)30(3)36(42)31-13-14-33-39(6)18-17-34(45)38(4,5)32(39)16-19-41(33,8)40(31,7)21-22-42/h9-11,13,29-30,32-34,36,45H,1,12,14-28H2,2-8H3/b11-10+/t29-,30+,32+,33-,34+,36+,39+,40-,41-,42+/m1/s1. The van der Waals surface area contributed by atoms with Gasteiger partial charge in [0.1, 0.15) is 6.61 Å². The molecule has 0 bridgehead atoms. The van der Waals surface area contributed by atoms with Gasteiger partial charge in [-0.2, -0.15) is 0 Å². The van der Waals surface area contributed by atoms with Gasteiger partial charge in [0.25, 0.3) is 0 Å². The van der Waals surface area contributed by atoms with Gasteiger partial charge in [-0.3, -0.25) is 14.5 Å². The summed E-state index contributed by atoms with van der Waals surface area (Å²) in [4.78, 5) is 31.2. The lowest BCUT2D eigenvalue weighted by Crippen LogP contribution is -2.65. The molecule has 1 N–H and O–H groups in total. The molecule has 1 amide bonds. The quantitative estimate of drug-likeness (QED) is 0.171. The van der Waals surface area contributed by atoms with Crippen molar-refractivity contribution >= 4 is 11.9 Å². The molecule has 5 aliphatic carbocycles. The summed E-state index contributed by atoms with van der Waals surface area (Å²) in [5.74, 6) is 2.62. The molecule has 6 nitrogen and oxygen atoms in total. The van der Waals surface area contributed by atoms with Crippen molar-refractivity contribution in [1.29, 1.82) is 0 Å². The summed E-state index contributed by atoms with van der Waals surface area (Å²) < 4.78 is 6.30. The number of aliphatic hydroxyl groups is 1. The first-order chi connectivity index (χ1) is 22.7. The molecule has 4 saturated carbocycles. The van der Waals surface area contributed by atoms with E-state index in [1.54, 1.807) is 11.6 Å². The van der Waals surface area contributed by atoms with Crippen molar-refractivity contribution in [3.63, 3.8) is 0 Å². The number of ether oxygens (including phenoxy) is 1. The zero-order chi connectivity index (χ0) is 34.7. The molecule has 0 aromatic carbocycles. The minimum absolute atomic E-state index is 0.0444. The number of rotatable bonds is 7. The van der Waals surface area contributed by atoms with Crippen LogP contribution in [0.2, 0.25) is 0 Å². The molecule has 0 aromatic rings. The number of piperazine rings is 1. The second-order valence-corrected chi connectivity index (χ2v) is 18.4. The van der Waals surface area contributed by atoms with E-state index in [4.69, 9.17) is 4.74 Å². The van der Waals surface area contributed by atoms with Gasteiger partial charge >= 0.3 is 5.97 Å². The summed E-state index contributed by atoms with van der Waals surface area (Å²) in [6, 6.07) is 0. The molecule has 0 radical (unpaired) electrons. The Kier molecular flexibility index (Phi) is 9.72. The van der Waals surface area contributed by atoms with Crippen molar-refractivity contribution in [1.82, 2.24) is 9.80 Å². The van der Waals surface area contributed by atoms with Crippen LogP contribution in [0.1, 0.15) is 113 Å². The number of nitrogens with zero attached hydrogens (tertiary/aromatic N) is 2. The average molecular weight is 663 g/mol. The van der Waals surface area contributed by atoms with Crippen LogP contribution in [0.25, 0.3) is 0 Å². The zero-order valence-corrected chi connectivity index (χ0v) is 31.4. The monoisotopic (exact) mass is 663 g/mol. The number of carbonyl (C=O) groups excluding carboxylic acids is 2. The van der Waals surface area contributed by atoms with E-state index in [1.807, 2.05) is 17.1 Å². The predicted molar refractivity (Wildman–Crippen MR) is 193 cm³/mol. The third-order valence-electron chi connectivity index (χ3n) is 16.3. The summed E-state index contributed by atoms with van der Waals surface area (Å²) in [5, 5.41) is 11.1. The van der Waals surface area contributed by atoms with Crippen molar-refractivity contribution in [2.24, 2.45) is 56.7 Å². The van der Waals surface area contributed by atoms with Crippen LogP contribution in [0.5, 0.6) is 0 Å². The number of esters is 1. The maximum Gasteiger partial charge on any atom is 0.312 e. The Labute approximate surface area is 291 Å². The highest BCUT2D eigenvalue weighted by molar-refractivity contribution is 5.79. The molecule has 1 saturated heterocycles. The van der Waals surface area contributed by atoms with Gasteiger partial charge in [-0.15, -0.1) is 0 Å². The smallest absolute Gasteiger partial charge is 0.312 e. The Bertz CT molecular complexity index is 1310. The Balaban J connectivity index is 1.17. The number of hydrogen-bond donors (Lipinski definition) is 1. The first-order valence-electron chi connectivity index (χ1n) is 19.5. The summed E-state index contributed by atoms with van der Waals surface area (Å²) in [6.45, 7) is 25.2. The van der Waals surface area contributed by atoms with Gasteiger partial charge in [0.05, 0.1) is 11.5 Å². The van der Waals surface area contributed by atoms with Crippen molar-refractivity contribution in [3.8, 4) is 0 Å². The van der Waals surface area contributed by atoms with Crippen molar-refractivity contribution < 1.29 is 19.4 Å². The third-order valence-corrected chi connectivity index (χ3v) is 16.3. The average Bonchev–Trinajstić information content (AvgIpc) is 3.05. The highest BCUT2D eigenvalue weighted by atomic mass is 16.5. The highest BCUT2D eigenvalue weighted by Gasteiger charge is 2.69. The summed E-state index contributed by atoms with van der Waals surface area (Å²) >= 11 is 0. The first kappa shape index (κ1) is 35.9. The second kappa shape index (κ2) is 13.0. The van der Waals surface area contributed by atoms with Gasteiger partial charge in [-0.05, 0) is 109 Å². The van der Waals surface area contributed by atoms with E-state index in [-0.39, 0.29) is 45.6 Å². The molecule has 268 valence electrons. The number of allylic oxidation sites excluding steroid dienone is 4. The molecular formula is C42H66N2O4. The maximum atomic E-state index is 14.4. The van der Waals surface area contributed by atoms with Crippen molar-refractivity contribution in [2.75, 3.05) is 39.3 Å². The molecule has 6 aliphatic rings. The van der Waals surface area contributed by atoms with Gasteiger partial charge < -0.3 is 14.7 Å². The molecule has 48 heavy (non-hydrogen) atoms. The molecular weight excluding hydrogens is 596 g/mol. The molecule has 10 atom stereocenters. The summed E-state index contributed by atoms with van der Waals surface area (Å²) in [7, 11) is 0. The number of aliphatic hydroxyl groups excluding tert-OH is 1. The van der Waals surface area contributed by atoms with E-state index < -0.39 is 5.41 Å². The van der Waals surface area contributed by atoms with Crippen molar-refractivity contribution in [2.45, 2.75) is 119 Å². The van der Waals surface area contributed by atoms with E-state index in [0.29, 0.717) is 36.7 Å². The van der Waals surface area contributed by atoms with Crippen LogP contribution in [0, 0.1) is 56.7 Å². The van der Waals surface area contributed by atoms with Crippen LogP contribution >= 0.6 is 0 Å². The molecule has 6 rings (SSSR count). The van der Waals surface area contributed by atoms with E-state index >= 15 is 0 Å². The predicted octanol–water partition coefficient (Wildman–Crippen LogP) is 7.82. The lowest BCUT2D eigenvalue weighted by molar-refractivity contribution is -0.207. The fraction of sp³-hybridized carbons (Fsp3) is 0.810. The SMILES string of the molecule is C=C/C=C/CC(=O)N1CCN(CCOC(=O)[C@]23CC[C@@H](C)[C@H](C)[C@H]2C2=CC[C@@H]4[C@@]5(C)CC[C@H](O)C(C)(C)[C@@H]5CC[C@@]4(C)[C@]2(C)CC3)CC1. The molecule has 1 aliphatic heterocycles. The Morgan fingerprint density at radius 2 is 1.69 bits per heavy atom. The molecule has 6 heteroatoms. The van der Waals surface area contributed by atoms with Crippen LogP contribution in [0.15, 0.2) is 36.5 Å². The number of carbonyl (C=O) groups is 2. The molecule has 5 fully saturated rings. The minimum atomic E-state index is -0.428. The number of amides is 1. The van der Waals surface area contributed by atoms with Crippen LogP contribution in [-0.4, -0.2) is 72.2 Å². The van der Waals surface area contributed by atoms with Crippen molar-refractivity contribution in [3.05, 3.63) is 36.5 Å². The van der Waals surface area contributed by atoms with Gasteiger partial charge in [0, 0.05) is 39.1 Å². The Morgan fingerprint density at radius 1 is 0.958 bits per heavy atom. The van der Waals surface area contributed by atoms with Crippen LogP contribution in [-0.2, 0) is 14.3 Å². The lowest BCUT2D eigenvalue weighted by Gasteiger charge is -2.71. The Morgan fingerprint density at radius 3 is 2.40 bits per heavy atom. The maximum absolute atomic E-state index is 14.4. The van der Waals surface area contributed by atoms with Gasteiger partial charge in [-0.1, -0.05) is 84.9 Å². The molecule has 0 unspecified atom stereocenters. The zero-order valence-electron chi connectivity index (χ0n) is 31.4. The first-order valence-corrected chi connectivity index (χ1v) is 19.5. The number of fused-ring (bicyclic) bond motifs is 7. The normalized spacial score (nSPS) is 44.1. The molecule has 1 heterocycles. The highest BCUT2D eigenvalue weighted by Crippen LogP contribution is 2.75. The van der Waals surface area contributed by atoms with Crippen LogP contribution in [0.3, 0.4) is 0 Å². The van der Waals surface area contributed by atoms with E-state index in [2.05, 4.69) is 66.0 Å². The fourth-order valence-corrected chi connectivity index (χ4v) is 12.9. The molecule has 0 aromatic heterocycles. The third kappa shape index (κ3) is 5.49. The summed E-state index contributed by atoms with van der Waals surface area (Å²) in [5.41, 5.74) is 1.59.